The highest BCUT2D eigenvalue weighted by molar-refractivity contribution is 9.07. The maximum Gasteiger partial charge on any atom is 0.261 e. The average Bonchev–Trinajstić information content (AvgIpc) is 3.43. The molecule has 1 unspecified atom stereocenters. The number of amides is 2. The first-order chi connectivity index (χ1) is 19.0. The molecule has 0 aliphatic carbocycles. The van der Waals surface area contributed by atoms with Crippen molar-refractivity contribution in [3.05, 3.63) is 72.1 Å². The van der Waals surface area contributed by atoms with Crippen LogP contribution in [0, 0.1) is 0 Å². The zero-order valence-corrected chi connectivity index (χ0v) is 24.6. The van der Waals surface area contributed by atoms with Crippen LogP contribution in [0.25, 0.3) is 0 Å². The van der Waals surface area contributed by atoms with Gasteiger partial charge in [-0.15, -0.1) is 5.11 Å². The third-order valence-electron chi connectivity index (χ3n) is 7.15. The van der Waals surface area contributed by atoms with Crippen molar-refractivity contribution in [1.82, 2.24) is 13.7 Å². The number of unbranched alkanes of at least 4 members (excludes halogenated alkanes) is 4. The second-order valence-electron chi connectivity index (χ2n) is 10.0. The molecule has 0 aromatic heterocycles. The Labute approximate surface area is 240 Å². The van der Waals surface area contributed by atoms with E-state index in [1.165, 1.54) is 49.1 Å². The molecule has 9 heteroatoms. The van der Waals surface area contributed by atoms with Gasteiger partial charge in [-0.2, -0.15) is 5.11 Å². The smallest absolute Gasteiger partial charge is 0.261 e. The Bertz CT molecular complexity index is 1120. The largest absolute Gasteiger partial charge is 0.372 e. The summed E-state index contributed by atoms with van der Waals surface area (Å²) >= 11 is 3.53. The number of carbonyl (C=O) groups is 2. The van der Waals surface area contributed by atoms with Crippen LogP contribution >= 0.6 is 16.1 Å². The van der Waals surface area contributed by atoms with Gasteiger partial charge in [0.1, 0.15) is 0 Å². The molecule has 0 spiro atoms. The predicted molar refractivity (Wildman–Crippen MR) is 159 cm³/mol. The molecule has 2 aromatic carbocycles. The first kappa shape index (κ1) is 28.8. The molecule has 0 N–H and O–H groups in total. The molecule has 2 heterocycles. The third kappa shape index (κ3) is 7.26. The zero-order valence-electron chi connectivity index (χ0n) is 23.0. The van der Waals surface area contributed by atoms with Crippen LogP contribution in [0.15, 0.2) is 71.2 Å². The highest BCUT2D eigenvalue weighted by Gasteiger charge is 2.35. The van der Waals surface area contributed by atoms with Crippen LogP contribution in [0.4, 0.5) is 11.4 Å². The second-order valence-corrected chi connectivity index (χ2v) is 10.8. The normalized spacial score (nSPS) is 16.7. The monoisotopic (exact) mass is 594 g/mol. The third-order valence-corrected chi connectivity index (χ3v) is 7.75. The van der Waals surface area contributed by atoms with E-state index >= 15 is 0 Å². The Hall–Kier alpha value is -3.20. The van der Waals surface area contributed by atoms with Crippen molar-refractivity contribution in [1.29, 1.82) is 0 Å². The summed E-state index contributed by atoms with van der Waals surface area (Å²) in [5.41, 5.74) is 3.01. The van der Waals surface area contributed by atoms with E-state index in [1.807, 2.05) is 33.4 Å². The summed E-state index contributed by atoms with van der Waals surface area (Å²) in [6, 6.07) is 15.3. The highest BCUT2D eigenvalue weighted by Crippen LogP contribution is 2.26. The van der Waals surface area contributed by atoms with E-state index in [4.69, 9.17) is 0 Å². The number of carbonyl (C=O) groups excluding carboxylic acids is 2. The van der Waals surface area contributed by atoms with E-state index in [0.29, 0.717) is 30.6 Å². The quantitative estimate of drug-likeness (QED) is 0.0934. The number of imide groups is 1. The van der Waals surface area contributed by atoms with Gasteiger partial charge in [-0.3, -0.25) is 18.4 Å². The van der Waals surface area contributed by atoms with Crippen LogP contribution in [0.5, 0.6) is 0 Å². The number of hydrogen-bond acceptors (Lipinski definition) is 7. The number of nitrogens with zero attached hydrogens (tertiary/aromatic N) is 6. The van der Waals surface area contributed by atoms with Crippen molar-refractivity contribution in [2.45, 2.75) is 65.1 Å². The van der Waals surface area contributed by atoms with E-state index in [1.54, 1.807) is 24.3 Å². The second kappa shape index (κ2) is 14.3. The molecule has 2 aromatic rings. The van der Waals surface area contributed by atoms with E-state index in [-0.39, 0.29) is 18.1 Å². The summed E-state index contributed by atoms with van der Waals surface area (Å²) in [5, 5.41) is 9.08. The zero-order chi connectivity index (χ0) is 27.6. The fourth-order valence-corrected chi connectivity index (χ4v) is 5.35. The van der Waals surface area contributed by atoms with Gasteiger partial charge in [0.2, 0.25) is 6.29 Å². The number of anilines is 1. The van der Waals surface area contributed by atoms with Crippen LogP contribution in [0.3, 0.4) is 0 Å². The van der Waals surface area contributed by atoms with Gasteiger partial charge in [0.15, 0.2) is 0 Å². The molecule has 0 bridgehead atoms. The average molecular weight is 596 g/mol. The van der Waals surface area contributed by atoms with Crippen molar-refractivity contribution in [3.63, 3.8) is 0 Å². The van der Waals surface area contributed by atoms with Crippen molar-refractivity contribution in [2.24, 2.45) is 10.2 Å². The van der Waals surface area contributed by atoms with Crippen LogP contribution in [-0.2, 0) is 0 Å². The number of halogens is 1. The lowest BCUT2D eigenvalue weighted by Crippen LogP contribution is -2.36. The minimum absolute atomic E-state index is 0.219. The van der Waals surface area contributed by atoms with Crippen LogP contribution in [0.1, 0.15) is 79.5 Å². The van der Waals surface area contributed by atoms with Gasteiger partial charge >= 0.3 is 0 Å². The number of rotatable bonds is 15. The van der Waals surface area contributed by atoms with Crippen molar-refractivity contribution in [2.75, 3.05) is 31.1 Å². The number of hydrogen-bond donors (Lipinski definition) is 0. The molecule has 208 valence electrons. The van der Waals surface area contributed by atoms with Crippen LogP contribution in [0.2, 0.25) is 0 Å². The highest BCUT2D eigenvalue weighted by atomic mass is 79.9. The Kier molecular flexibility index (Phi) is 10.5. The summed E-state index contributed by atoms with van der Waals surface area (Å²) in [6.07, 6.45) is 11.5. The molecule has 0 fully saturated rings. The van der Waals surface area contributed by atoms with E-state index < -0.39 is 0 Å². The topological polar surface area (TPSA) is 71.8 Å². The van der Waals surface area contributed by atoms with Crippen molar-refractivity contribution < 1.29 is 9.59 Å². The molecular formula is C30H39BrN6O2. The van der Waals surface area contributed by atoms with Crippen molar-refractivity contribution >= 4 is 39.3 Å². The lowest BCUT2D eigenvalue weighted by atomic mass is 10.1. The SMILES string of the molecule is CCCCCN(CCCCC)c1ccc(N=NC2N(Br)C=CN2CCCN2C(=O)c3ccccc3C2=O)cc1. The lowest BCUT2D eigenvalue weighted by Gasteiger charge is -2.25. The van der Waals surface area contributed by atoms with Gasteiger partial charge in [0, 0.05) is 44.3 Å². The standard InChI is InChI=1S/C30H39BrN6O2/c1-3-5-9-18-34(19-10-6-4-2)25-16-14-24(15-17-25)32-33-30-35(22-23-37(30)31)20-11-21-36-28(38)26-12-7-8-13-27(26)29(36)39/h7-8,12-17,22-23,30H,3-6,9-11,18-21H2,1-2H3. The first-order valence-corrected chi connectivity index (χ1v) is 14.8. The van der Waals surface area contributed by atoms with Gasteiger partial charge in [-0.25, -0.2) is 0 Å². The molecule has 0 saturated carbocycles. The van der Waals surface area contributed by atoms with E-state index in [9.17, 15) is 9.59 Å². The molecule has 39 heavy (non-hydrogen) atoms. The Balaban J connectivity index is 1.31. The van der Waals surface area contributed by atoms with E-state index in [0.717, 1.165) is 18.8 Å². The molecule has 2 aliphatic heterocycles. The van der Waals surface area contributed by atoms with Crippen molar-refractivity contribution in [3.8, 4) is 0 Å². The fourth-order valence-electron chi connectivity index (χ4n) is 4.93. The molecule has 2 amide bonds. The number of benzene rings is 2. The first-order valence-electron chi connectivity index (χ1n) is 14.1. The Morgan fingerprint density at radius 1 is 0.795 bits per heavy atom. The summed E-state index contributed by atoms with van der Waals surface area (Å²) < 4.78 is 1.82. The molecule has 8 nitrogen and oxygen atoms in total. The Morgan fingerprint density at radius 3 is 2.00 bits per heavy atom. The summed E-state index contributed by atoms with van der Waals surface area (Å²) in [7, 11) is 0. The summed E-state index contributed by atoms with van der Waals surface area (Å²) in [5.74, 6) is -0.438. The minimum atomic E-state index is -0.341. The number of azo groups is 1. The number of fused-ring (bicyclic) bond motifs is 1. The maximum absolute atomic E-state index is 12.6. The molecular weight excluding hydrogens is 556 g/mol. The Morgan fingerprint density at radius 2 is 1.41 bits per heavy atom. The lowest BCUT2D eigenvalue weighted by molar-refractivity contribution is 0.0647. The summed E-state index contributed by atoms with van der Waals surface area (Å²) in [4.78, 5) is 31.1. The van der Waals surface area contributed by atoms with Gasteiger partial charge < -0.3 is 9.80 Å². The molecule has 2 aliphatic rings. The van der Waals surface area contributed by atoms with Gasteiger partial charge in [0.05, 0.1) is 33.0 Å². The molecule has 0 radical (unpaired) electrons. The molecule has 1 atom stereocenters. The summed E-state index contributed by atoms with van der Waals surface area (Å²) in [6.45, 7) is 7.63. The minimum Gasteiger partial charge on any atom is -0.372 e. The molecule has 4 rings (SSSR count). The fraction of sp³-hybridized carbons (Fsp3) is 0.467. The predicted octanol–water partition coefficient (Wildman–Crippen LogP) is 7.33. The van der Waals surface area contributed by atoms with Gasteiger partial charge in [-0.1, -0.05) is 51.7 Å². The van der Waals surface area contributed by atoms with Gasteiger partial charge in [0.25, 0.3) is 11.8 Å². The van der Waals surface area contributed by atoms with Crippen LogP contribution in [-0.4, -0.2) is 58.0 Å². The van der Waals surface area contributed by atoms with Gasteiger partial charge in [-0.05, 0) is 55.7 Å². The van der Waals surface area contributed by atoms with Crippen LogP contribution < -0.4 is 4.90 Å². The maximum atomic E-state index is 12.6. The molecule has 0 saturated heterocycles. The van der Waals surface area contributed by atoms with E-state index in [2.05, 4.69) is 57.3 Å².